The quantitative estimate of drug-likeness (QED) is 0.0195. The van der Waals surface area contributed by atoms with Crippen molar-refractivity contribution in [3.63, 3.8) is 0 Å². The summed E-state index contributed by atoms with van der Waals surface area (Å²) < 4.78 is 34.3. The highest BCUT2D eigenvalue weighted by Crippen LogP contribution is 2.38. The van der Waals surface area contributed by atoms with E-state index >= 15 is 0 Å². The Morgan fingerprint density at radius 3 is 0.966 bits per heavy atom. The number of quaternary nitrogens is 1. The highest BCUT2D eigenvalue weighted by atomic mass is 31.2. The summed E-state index contributed by atoms with van der Waals surface area (Å²) in [4.78, 5) is 38.1. The molecule has 0 saturated heterocycles. The van der Waals surface area contributed by atoms with Gasteiger partial charge in [0.15, 0.2) is 6.10 Å². The van der Waals surface area contributed by atoms with E-state index in [1.807, 2.05) is 21.1 Å². The van der Waals surface area contributed by atoms with Crippen LogP contribution in [0.4, 0.5) is 0 Å². The zero-order chi connectivity index (χ0) is 64.1. The summed E-state index contributed by atoms with van der Waals surface area (Å²) in [5, 5.41) is 0. The van der Waals surface area contributed by atoms with Crippen LogP contribution in [0.3, 0.4) is 0 Å². The first kappa shape index (κ1) is 83.9. The van der Waals surface area contributed by atoms with Gasteiger partial charge >= 0.3 is 11.9 Å². The fourth-order valence-corrected chi connectivity index (χ4v) is 10.2. The maximum atomic E-state index is 12.9. The molecule has 0 bridgehead atoms. The lowest BCUT2D eigenvalue weighted by Crippen LogP contribution is -2.37. The van der Waals surface area contributed by atoms with Gasteiger partial charge in [-0.2, -0.15) is 0 Å². The third kappa shape index (κ3) is 71.0. The number of nitrogens with zero attached hydrogens (tertiary/aromatic N) is 1. The highest BCUT2D eigenvalue weighted by Gasteiger charge is 2.22. The molecule has 0 fully saturated rings. The van der Waals surface area contributed by atoms with E-state index < -0.39 is 26.5 Å². The third-order valence-corrected chi connectivity index (χ3v) is 15.8. The number of ether oxygens (including phenoxy) is 2. The van der Waals surface area contributed by atoms with Crippen molar-refractivity contribution in [1.29, 1.82) is 0 Å². The van der Waals surface area contributed by atoms with E-state index in [0.717, 1.165) is 116 Å². The van der Waals surface area contributed by atoms with Crippen molar-refractivity contribution in [2.24, 2.45) is 0 Å². The zero-order valence-electron chi connectivity index (χ0n) is 57.1. The second-order valence-electron chi connectivity index (χ2n) is 24.5. The van der Waals surface area contributed by atoms with Gasteiger partial charge in [0.25, 0.3) is 7.82 Å². The topological polar surface area (TPSA) is 111 Å². The van der Waals surface area contributed by atoms with Crippen LogP contribution in [0.1, 0.15) is 284 Å². The van der Waals surface area contributed by atoms with E-state index in [-0.39, 0.29) is 32.0 Å². The van der Waals surface area contributed by atoms with E-state index in [0.29, 0.717) is 17.4 Å². The van der Waals surface area contributed by atoms with Crippen molar-refractivity contribution < 1.29 is 42.1 Å². The van der Waals surface area contributed by atoms with Gasteiger partial charge in [-0.1, -0.05) is 295 Å². The molecule has 0 aliphatic heterocycles. The SMILES string of the molecule is CC/C=C\C/C=C\C/C=C\C/C=C\C/C=C\C/C=C\C/C=C\C/C=C\C/C=C\CCCCCCCCCCCC(=O)OC(COC(=O)CCCCCCCCCCCCCC/C=C\C/C=C\C/C=C\CCCCCCC)COP(=O)([O-])OCC[N+](C)(C)C. The number of esters is 2. The first-order valence-corrected chi connectivity index (χ1v) is 37.0. The second-order valence-corrected chi connectivity index (χ2v) is 25.9. The van der Waals surface area contributed by atoms with Gasteiger partial charge in [-0.3, -0.25) is 14.2 Å². The first-order chi connectivity index (χ1) is 43.0. The van der Waals surface area contributed by atoms with Gasteiger partial charge in [-0.15, -0.1) is 0 Å². The van der Waals surface area contributed by atoms with Gasteiger partial charge < -0.3 is 27.9 Å². The summed E-state index contributed by atoms with van der Waals surface area (Å²) in [5.74, 6) is -0.845. The molecule has 0 rings (SSSR count). The number of allylic oxidation sites excluding steroid dienone is 24. The Balaban J connectivity index is 4.12. The molecular formula is C78H132NO8P. The number of carbonyl (C=O) groups excluding carboxylic acids is 2. The normalized spacial score (nSPS) is 14.0. The van der Waals surface area contributed by atoms with Gasteiger partial charge in [-0.25, -0.2) is 0 Å². The lowest BCUT2D eigenvalue weighted by atomic mass is 10.0. The molecule has 9 nitrogen and oxygen atoms in total. The molecule has 10 heteroatoms. The number of hydrogen-bond acceptors (Lipinski definition) is 8. The number of phosphoric ester groups is 1. The van der Waals surface area contributed by atoms with Crippen LogP contribution in [0.5, 0.6) is 0 Å². The smallest absolute Gasteiger partial charge is 0.306 e. The number of phosphoric acid groups is 1. The van der Waals surface area contributed by atoms with Crippen molar-refractivity contribution in [2.75, 3.05) is 47.5 Å². The Bertz CT molecular complexity index is 2000. The van der Waals surface area contributed by atoms with Crippen molar-refractivity contribution in [3.8, 4) is 0 Å². The minimum Gasteiger partial charge on any atom is -0.756 e. The number of hydrogen-bond donors (Lipinski definition) is 0. The Morgan fingerprint density at radius 2 is 0.648 bits per heavy atom. The molecule has 0 aromatic heterocycles. The summed E-state index contributed by atoms with van der Waals surface area (Å²) in [6, 6.07) is 0. The van der Waals surface area contributed by atoms with Crippen LogP contribution in [-0.2, 0) is 32.7 Å². The van der Waals surface area contributed by atoms with Gasteiger partial charge in [0.2, 0.25) is 0 Å². The van der Waals surface area contributed by atoms with E-state index in [1.165, 1.54) is 135 Å². The maximum Gasteiger partial charge on any atom is 0.306 e. The zero-order valence-corrected chi connectivity index (χ0v) is 58.0. The van der Waals surface area contributed by atoms with Crippen LogP contribution in [0.25, 0.3) is 0 Å². The van der Waals surface area contributed by atoms with Crippen molar-refractivity contribution in [2.45, 2.75) is 290 Å². The average molecular weight is 1240 g/mol. The number of rotatable bonds is 64. The van der Waals surface area contributed by atoms with Crippen molar-refractivity contribution in [3.05, 3.63) is 146 Å². The molecule has 0 heterocycles. The third-order valence-electron chi connectivity index (χ3n) is 14.8. The Morgan fingerprint density at radius 1 is 0.364 bits per heavy atom. The van der Waals surface area contributed by atoms with Crippen LogP contribution in [0, 0.1) is 0 Å². The first-order valence-electron chi connectivity index (χ1n) is 35.5. The van der Waals surface area contributed by atoms with Gasteiger partial charge in [0, 0.05) is 12.8 Å². The average Bonchev–Trinajstić information content (AvgIpc) is 3.68. The molecule has 0 aliphatic carbocycles. The van der Waals surface area contributed by atoms with Gasteiger partial charge in [-0.05, 0) is 122 Å². The van der Waals surface area contributed by atoms with Crippen molar-refractivity contribution in [1.82, 2.24) is 0 Å². The molecule has 0 aromatic rings. The minimum atomic E-state index is -4.65. The summed E-state index contributed by atoms with van der Waals surface area (Å²) >= 11 is 0. The van der Waals surface area contributed by atoms with Crippen LogP contribution in [0.2, 0.25) is 0 Å². The van der Waals surface area contributed by atoms with E-state index in [1.54, 1.807) is 0 Å². The van der Waals surface area contributed by atoms with Gasteiger partial charge in [0.1, 0.15) is 19.8 Å². The fraction of sp³-hybridized carbons (Fsp3) is 0.667. The molecule has 0 spiro atoms. The molecule has 2 atom stereocenters. The van der Waals surface area contributed by atoms with E-state index in [2.05, 4.69) is 160 Å². The summed E-state index contributed by atoms with van der Waals surface area (Å²) in [6.07, 6.45) is 99.2. The summed E-state index contributed by atoms with van der Waals surface area (Å²) in [6.45, 7) is 4.11. The number of carbonyl (C=O) groups is 2. The molecular weight excluding hydrogens is 1110 g/mol. The van der Waals surface area contributed by atoms with Gasteiger partial charge in [0.05, 0.1) is 27.7 Å². The molecule has 88 heavy (non-hydrogen) atoms. The highest BCUT2D eigenvalue weighted by molar-refractivity contribution is 7.45. The van der Waals surface area contributed by atoms with Crippen LogP contribution in [0.15, 0.2) is 146 Å². The molecule has 0 saturated carbocycles. The molecule has 0 aromatic carbocycles. The van der Waals surface area contributed by atoms with Crippen LogP contribution in [-0.4, -0.2) is 70.0 Å². The molecule has 0 aliphatic rings. The van der Waals surface area contributed by atoms with Crippen molar-refractivity contribution >= 4 is 19.8 Å². The lowest BCUT2D eigenvalue weighted by Gasteiger charge is -2.28. The lowest BCUT2D eigenvalue weighted by molar-refractivity contribution is -0.870. The molecule has 0 N–H and O–H groups in total. The predicted molar refractivity (Wildman–Crippen MR) is 378 cm³/mol. The van der Waals surface area contributed by atoms with E-state index in [9.17, 15) is 19.0 Å². The van der Waals surface area contributed by atoms with E-state index in [4.69, 9.17) is 18.5 Å². The predicted octanol–water partition coefficient (Wildman–Crippen LogP) is 22.7. The molecule has 0 radical (unpaired) electrons. The van der Waals surface area contributed by atoms with Crippen LogP contribution >= 0.6 is 7.82 Å². The second kappa shape index (κ2) is 67.3. The molecule has 0 amide bonds. The molecule has 502 valence electrons. The fourth-order valence-electron chi connectivity index (χ4n) is 9.42. The minimum absolute atomic E-state index is 0.0390. The maximum absolute atomic E-state index is 12.9. The molecule has 2 unspecified atom stereocenters. The Kier molecular flexibility index (Phi) is 64.1. The Labute approximate surface area is 542 Å². The largest absolute Gasteiger partial charge is 0.756 e. The number of likely N-dealkylation sites (N-methyl/N-ethyl adjacent to an activating group) is 1. The Hall–Kier alpha value is -4.11. The standard InChI is InChI=1S/C78H132NO8P/c1-6-8-10-12-14-16-18-20-22-24-26-28-30-32-34-35-36-37-38-39-40-41-42-43-45-47-49-51-53-55-57-59-61-63-65-67-69-71-78(81)87-76(75-86-88(82,83)85-73-72-79(3,4)5)74-84-77(80)70-68-66-64-62-60-58-56-54-52-50-48-46-44-33-31-29-27-25-23-21-19-17-15-13-11-9-7-2/h8,10,14,16,19-22,25-28,31-34,36-37,39-40,42-43,47,49,76H,6-7,9,11-13,15,17-18,23-24,29-30,35,38,41,44-46,48,50-75H2,1-5H3/b10-8-,16-14-,21-19-,22-20-,27-25-,28-26-,33-31-,34-32-,37-36-,40-39-,43-42-,49-47-. The summed E-state index contributed by atoms with van der Waals surface area (Å²) in [7, 11) is 1.15. The van der Waals surface area contributed by atoms with Crippen LogP contribution < -0.4 is 4.89 Å². The monoisotopic (exact) mass is 1240 g/mol. The summed E-state index contributed by atoms with van der Waals surface area (Å²) in [5.41, 5.74) is 0. The number of unbranched alkanes of at least 4 members (excludes halogenated alkanes) is 26.